The van der Waals surface area contributed by atoms with E-state index in [4.69, 9.17) is 9.26 Å². The Kier molecular flexibility index (Phi) is 10.8. The molecule has 0 bridgehead atoms. The first kappa shape index (κ1) is 23.2. The third kappa shape index (κ3) is 8.15. The minimum atomic E-state index is 0. The molecule has 0 spiro atoms. The number of guanidine groups is 1. The number of ether oxygens (including phenoxy) is 1. The van der Waals surface area contributed by atoms with Gasteiger partial charge in [-0.15, -0.1) is 24.0 Å². The molecule has 0 saturated heterocycles. The molecule has 150 valence electrons. The van der Waals surface area contributed by atoms with Gasteiger partial charge in [0.2, 0.25) is 5.88 Å². The molecule has 2 aromatic heterocycles. The largest absolute Gasteiger partial charge is 0.478 e. The maximum atomic E-state index is 5.49. The van der Waals surface area contributed by atoms with Crippen molar-refractivity contribution in [1.82, 2.24) is 20.8 Å². The van der Waals surface area contributed by atoms with E-state index in [2.05, 4.69) is 46.5 Å². The first-order valence-electron chi connectivity index (χ1n) is 9.17. The molecule has 0 amide bonds. The van der Waals surface area contributed by atoms with E-state index in [1.165, 1.54) is 0 Å². The highest BCUT2D eigenvalue weighted by Gasteiger charge is 2.08. The lowest BCUT2D eigenvalue weighted by atomic mass is 10.1. The Morgan fingerprint density at radius 3 is 2.67 bits per heavy atom. The van der Waals surface area contributed by atoms with Crippen molar-refractivity contribution in [2.45, 2.75) is 53.1 Å². The molecule has 27 heavy (non-hydrogen) atoms. The molecule has 0 radical (unpaired) electrons. The van der Waals surface area contributed by atoms with E-state index < -0.39 is 0 Å². The van der Waals surface area contributed by atoms with Crippen LogP contribution in [0.4, 0.5) is 0 Å². The highest BCUT2D eigenvalue weighted by molar-refractivity contribution is 14.0. The Labute approximate surface area is 178 Å². The first-order valence-corrected chi connectivity index (χ1v) is 9.17. The van der Waals surface area contributed by atoms with Crippen LogP contribution >= 0.6 is 24.0 Å². The number of nitrogens with one attached hydrogen (secondary N) is 2. The zero-order valence-corrected chi connectivity index (χ0v) is 18.8. The fourth-order valence-electron chi connectivity index (χ4n) is 2.16. The van der Waals surface area contributed by atoms with E-state index in [1.807, 2.05) is 25.1 Å². The van der Waals surface area contributed by atoms with Gasteiger partial charge in [0.1, 0.15) is 0 Å². The van der Waals surface area contributed by atoms with Crippen LogP contribution in [0.1, 0.15) is 57.1 Å². The summed E-state index contributed by atoms with van der Waals surface area (Å²) in [5.74, 6) is 2.52. The van der Waals surface area contributed by atoms with Crippen molar-refractivity contribution >= 4 is 29.9 Å². The third-order valence-corrected chi connectivity index (χ3v) is 3.61. The summed E-state index contributed by atoms with van der Waals surface area (Å²) in [5, 5.41) is 10.5. The van der Waals surface area contributed by atoms with Crippen LogP contribution < -0.4 is 15.4 Å². The fraction of sp³-hybridized carbons (Fsp3) is 0.526. The summed E-state index contributed by atoms with van der Waals surface area (Å²) in [7, 11) is 0. The predicted molar refractivity (Wildman–Crippen MR) is 118 cm³/mol. The number of aromatic nitrogens is 2. The zero-order valence-electron chi connectivity index (χ0n) is 16.5. The standard InChI is InChI=1S/C19H29N5O2.HI/c1-5-9-25-18-8-7-15(11-21-18)12-22-19(20-6-2)23-13-16-10-17(14(3)4)24-26-16;/h7-8,10-11,14H,5-6,9,12-13H2,1-4H3,(H2,20,22,23);1H. The minimum Gasteiger partial charge on any atom is -0.478 e. The number of rotatable bonds is 9. The Morgan fingerprint density at radius 1 is 1.26 bits per heavy atom. The van der Waals surface area contributed by atoms with E-state index in [9.17, 15) is 0 Å². The second-order valence-electron chi connectivity index (χ2n) is 6.27. The normalized spacial score (nSPS) is 11.2. The molecule has 0 atom stereocenters. The molecule has 0 aliphatic carbocycles. The highest BCUT2D eigenvalue weighted by atomic mass is 127. The molecule has 0 unspecified atom stereocenters. The van der Waals surface area contributed by atoms with E-state index in [1.54, 1.807) is 6.20 Å². The summed E-state index contributed by atoms with van der Waals surface area (Å²) in [4.78, 5) is 8.88. The number of pyridine rings is 1. The van der Waals surface area contributed by atoms with Gasteiger partial charge < -0.3 is 19.9 Å². The van der Waals surface area contributed by atoms with E-state index in [0.29, 0.717) is 31.5 Å². The SMILES string of the molecule is CCCOc1ccc(CN=C(NCC)NCc2cc(C(C)C)no2)cn1.I. The van der Waals surface area contributed by atoms with Crippen molar-refractivity contribution in [3.05, 3.63) is 41.4 Å². The molecule has 0 fully saturated rings. The van der Waals surface area contributed by atoms with Gasteiger partial charge in [-0.05, 0) is 24.8 Å². The van der Waals surface area contributed by atoms with Gasteiger partial charge in [-0.3, -0.25) is 0 Å². The summed E-state index contributed by atoms with van der Waals surface area (Å²) in [5.41, 5.74) is 1.98. The summed E-state index contributed by atoms with van der Waals surface area (Å²) < 4.78 is 10.8. The van der Waals surface area contributed by atoms with Crippen molar-refractivity contribution in [3.8, 4) is 5.88 Å². The van der Waals surface area contributed by atoms with Gasteiger partial charge in [-0.25, -0.2) is 9.98 Å². The monoisotopic (exact) mass is 487 g/mol. The maximum absolute atomic E-state index is 5.49. The van der Waals surface area contributed by atoms with E-state index in [-0.39, 0.29) is 24.0 Å². The van der Waals surface area contributed by atoms with Gasteiger partial charge >= 0.3 is 0 Å². The lowest BCUT2D eigenvalue weighted by Gasteiger charge is -2.10. The Balaban J connectivity index is 0.00000364. The van der Waals surface area contributed by atoms with Crippen molar-refractivity contribution < 1.29 is 9.26 Å². The molecule has 7 nitrogen and oxygen atoms in total. The summed E-state index contributed by atoms with van der Waals surface area (Å²) in [6.07, 6.45) is 2.76. The van der Waals surface area contributed by atoms with Crippen LogP contribution in [0.25, 0.3) is 0 Å². The molecule has 2 aromatic rings. The van der Waals surface area contributed by atoms with Gasteiger partial charge in [0, 0.05) is 24.9 Å². The maximum Gasteiger partial charge on any atom is 0.213 e. The molecule has 2 rings (SSSR count). The fourth-order valence-corrected chi connectivity index (χ4v) is 2.16. The molecular weight excluding hydrogens is 457 g/mol. The summed E-state index contributed by atoms with van der Waals surface area (Å²) in [6.45, 7) is 10.8. The van der Waals surface area contributed by atoms with E-state index in [0.717, 1.165) is 35.9 Å². The van der Waals surface area contributed by atoms with Crippen molar-refractivity contribution in [1.29, 1.82) is 0 Å². The lowest BCUT2D eigenvalue weighted by molar-refractivity contribution is 0.305. The van der Waals surface area contributed by atoms with Crippen molar-refractivity contribution in [3.63, 3.8) is 0 Å². The molecule has 2 N–H and O–H groups in total. The molecule has 0 aliphatic heterocycles. The first-order chi connectivity index (χ1) is 12.6. The van der Waals surface area contributed by atoms with Crippen LogP contribution in [0.3, 0.4) is 0 Å². The molecule has 8 heteroatoms. The van der Waals surface area contributed by atoms with Crippen molar-refractivity contribution in [2.24, 2.45) is 4.99 Å². The Hall–Kier alpha value is -1.84. The Morgan fingerprint density at radius 2 is 2.07 bits per heavy atom. The van der Waals surface area contributed by atoms with E-state index >= 15 is 0 Å². The molecule has 0 aliphatic rings. The van der Waals surface area contributed by atoms with Gasteiger partial charge in [0.25, 0.3) is 0 Å². The number of aliphatic imine (C=N–C) groups is 1. The predicted octanol–water partition coefficient (Wildman–Crippen LogP) is 3.86. The number of hydrogen-bond acceptors (Lipinski definition) is 5. The zero-order chi connectivity index (χ0) is 18.8. The average molecular weight is 487 g/mol. The lowest BCUT2D eigenvalue weighted by Crippen LogP contribution is -2.36. The number of hydrogen-bond donors (Lipinski definition) is 2. The topological polar surface area (TPSA) is 84.6 Å². The summed E-state index contributed by atoms with van der Waals surface area (Å²) >= 11 is 0. The highest BCUT2D eigenvalue weighted by Crippen LogP contribution is 2.13. The van der Waals surface area contributed by atoms with Gasteiger partial charge in [-0.1, -0.05) is 32.0 Å². The Bertz CT molecular complexity index is 686. The van der Waals surface area contributed by atoms with Crippen LogP contribution in [0.2, 0.25) is 0 Å². The average Bonchev–Trinajstić information content (AvgIpc) is 3.12. The van der Waals surface area contributed by atoms with Gasteiger partial charge in [0.05, 0.1) is 25.4 Å². The van der Waals surface area contributed by atoms with Crippen LogP contribution in [0, 0.1) is 0 Å². The molecular formula is C19H30IN5O2. The van der Waals surface area contributed by atoms with Gasteiger partial charge in [-0.2, -0.15) is 0 Å². The number of halogens is 1. The smallest absolute Gasteiger partial charge is 0.213 e. The van der Waals surface area contributed by atoms with Crippen molar-refractivity contribution in [2.75, 3.05) is 13.2 Å². The van der Waals surface area contributed by atoms with Crippen LogP contribution in [-0.4, -0.2) is 29.3 Å². The van der Waals surface area contributed by atoms with Gasteiger partial charge in [0.15, 0.2) is 11.7 Å². The summed E-state index contributed by atoms with van der Waals surface area (Å²) in [6, 6.07) is 5.83. The minimum absolute atomic E-state index is 0. The van der Waals surface area contributed by atoms with Crippen LogP contribution in [0.15, 0.2) is 33.9 Å². The van der Waals surface area contributed by atoms with Crippen LogP contribution in [-0.2, 0) is 13.1 Å². The number of nitrogens with zero attached hydrogens (tertiary/aromatic N) is 3. The third-order valence-electron chi connectivity index (χ3n) is 3.61. The molecule has 0 aromatic carbocycles. The van der Waals surface area contributed by atoms with Crippen LogP contribution in [0.5, 0.6) is 5.88 Å². The molecule has 0 saturated carbocycles. The second-order valence-corrected chi connectivity index (χ2v) is 6.27. The second kappa shape index (κ2) is 12.5. The molecule has 2 heterocycles. The quantitative estimate of drug-likeness (QED) is 0.318.